The summed E-state index contributed by atoms with van der Waals surface area (Å²) in [5, 5.41) is 8.30. The highest BCUT2D eigenvalue weighted by atomic mass is 35.5. The van der Waals surface area contributed by atoms with Gasteiger partial charge in [-0.25, -0.2) is 19.9 Å². The van der Waals surface area contributed by atoms with E-state index in [1.165, 1.54) is 29.6 Å². The quantitative estimate of drug-likeness (QED) is 0.250. The molecule has 0 radical (unpaired) electrons. The monoisotopic (exact) mass is 576 g/mol. The molecule has 5 heterocycles. The largest absolute Gasteiger partial charge is 0.367 e. The molecule has 208 valence electrons. The highest BCUT2D eigenvalue weighted by Gasteiger charge is 2.38. The molecule has 11 heteroatoms. The number of pyridine rings is 4. The minimum absolute atomic E-state index is 0.105. The van der Waals surface area contributed by atoms with Crippen LogP contribution in [-0.2, 0) is 0 Å². The second kappa shape index (κ2) is 11.1. The molecular weight excluding hydrogens is 540 g/mol. The van der Waals surface area contributed by atoms with Crippen molar-refractivity contribution in [3.05, 3.63) is 88.6 Å². The van der Waals surface area contributed by atoms with Crippen molar-refractivity contribution < 1.29 is 20.6 Å². The summed E-state index contributed by atoms with van der Waals surface area (Å²) in [7, 11) is 0. The molecule has 2 fully saturated rings. The Labute approximate surface area is 253 Å². The lowest BCUT2D eigenvalue weighted by molar-refractivity contribution is 0.101. The Balaban J connectivity index is 0.000000170. The van der Waals surface area contributed by atoms with E-state index in [-0.39, 0.29) is 33.8 Å². The van der Waals surface area contributed by atoms with Gasteiger partial charge in [-0.1, -0.05) is 11.6 Å². The number of halogens is 1. The van der Waals surface area contributed by atoms with Gasteiger partial charge < -0.3 is 20.9 Å². The summed E-state index contributed by atoms with van der Waals surface area (Å²) in [6, 6.07) is 7.52. The first-order valence-corrected chi connectivity index (χ1v) is 13.0. The number of anilines is 5. The predicted octanol–water partition coefficient (Wildman–Crippen LogP) is 5.92. The molecule has 2 amide bonds. The van der Waals surface area contributed by atoms with Gasteiger partial charge in [-0.05, 0) is 86.9 Å². The topological polar surface area (TPSA) is 125 Å². The molecule has 0 saturated heterocycles. The second-order valence-corrected chi connectivity index (χ2v) is 9.59. The summed E-state index contributed by atoms with van der Waals surface area (Å²) in [4.78, 5) is 43.0. The number of nitrogens with one attached hydrogen (secondary N) is 3. The van der Waals surface area contributed by atoms with Crippen molar-refractivity contribution in [1.82, 2.24) is 19.9 Å². The van der Waals surface area contributed by atoms with Crippen molar-refractivity contribution >= 4 is 52.2 Å². The van der Waals surface area contributed by atoms with E-state index in [0.717, 1.165) is 11.1 Å². The molecule has 3 N–H and O–H groups in total. The third kappa shape index (κ3) is 5.69. The summed E-state index contributed by atoms with van der Waals surface area (Å²) in [6.07, 6.45) is -2.18. The standard InChI is InChI=1S/C15H15ClN4O.C15H14N4O/c1-9-6-8-17-13(16)12(9)20-15(21)11-3-2-7-18-14(11)19-10-4-5-10;1-9-6-8-17-14-12(9)18-15(20)11-3-2-7-16-13(11)19(14)10-4-5-10/h2-3,6-8,10H,4-5H2,1H3,(H,18,19)(H,20,21);2-3,6-8,10H,4-5H2,1H3,(H,18,20)/i2*4D2,5D2. The molecule has 2 saturated carbocycles. The van der Waals surface area contributed by atoms with E-state index in [1.807, 2.05) is 0 Å². The Morgan fingerprint density at radius 2 is 1.66 bits per heavy atom. The van der Waals surface area contributed by atoms with Gasteiger partial charge in [0.25, 0.3) is 11.8 Å². The summed E-state index contributed by atoms with van der Waals surface area (Å²) >= 11 is 6.01. The lowest BCUT2D eigenvalue weighted by Gasteiger charge is -2.23. The molecule has 0 atom stereocenters. The number of fused-ring (bicyclic) bond motifs is 2. The van der Waals surface area contributed by atoms with Gasteiger partial charge in [-0.2, -0.15) is 0 Å². The number of amides is 2. The number of rotatable bonds is 5. The normalized spacial score (nSPS) is 23.2. The number of carbonyl (C=O) groups is 2. The van der Waals surface area contributed by atoms with Gasteiger partial charge in [0, 0.05) is 47.8 Å². The molecule has 0 spiro atoms. The third-order valence-electron chi connectivity index (χ3n) is 6.37. The molecule has 0 aromatic carbocycles. The molecule has 10 nitrogen and oxygen atoms in total. The summed E-state index contributed by atoms with van der Waals surface area (Å²) in [5.74, 6) is -0.263. The highest BCUT2D eigenvalue weighted by molar-refractivity contribution is 6.33. The molecule has 3 aliphatic rings. The van der Waals surface area contributed by atoms with Crippen molar-refractivity contribution in [1.29, 1.82) is 0 Å². The molecule has 1 aliphatic heterocycles. The lowest BCUT2D eigenvalue weighted by atomic mass is 10.2. The van der Waals surface area contributed by atoms with Crippen LogP contribution in [-0.4, -0.2) is 43.8 Å². The lowest BCUT2D eigenvalue weighted by Crippen LogP contribution is -2.22. The van der Waals surface area contributed by atoms with Crippen molar-refractivity contribution in [2.24, 2.45) is 0 Å². The average molecular weight is 577 g/mol. The van der Waals surface area contributed by atoms with Gasteiger partial charge in [0.2, 0.25) is 0 Å². The molecule has 0 unspecified atom stereocenters. The average Bonchev–Trinajstić information content (AvgIpc) is 3.68. The fourth-order valence-corrected chi connectivity index (χ4v) is 4.40. The molecule has 4 aromatic rings. The van der Waals surface area contributed by atoms with Crippen LogP contribution >= 0.6 is 11.6 Å². The zero-order valence-electron chi connectivity index (χ0n) is 29.9. The summed E-state index contributed by atoms with van der Waals surface area (Å²) < 4.78 is 62.6. The van der Waals surface area contributed by atoms with Gasteiger partial charge in [0.15, 0.2) is 11.0 Å². The van der Waals surface area contributed by atoms with Crippen LogP contribution in [0.25, 0.3) is 0 Å². The molecule has 2 aliphatic carbocycles. The van der Waals surface area contributed by atoms with Crippen LogP contribution in [0.3, 0.4) is 0 Å². The van der Waals surface area contributed by atoms with Crippen LogP contribution in [0.1, 0.15) is 68.3 Å². The molecule has 4 aromatic heterocycles. The maximum Gasteiger partial charge on any atom is 0.259 e. The Bertz CT molecular complexity index is 1950. The van der Waals surface area contributed by atoms with E-state index in [1.54, 1.807) is 50.4 Å². The third-order valence-corrected chi connectivity index (χ3v) is 6.66. The summed E-state index contributed by atoms with van der Waals surface area (Å²) in [6.45, 7) is 3.58. The molecule has 0 bridgehead atoms. The smallest absolute Gasteiger partial charge is 0.259 e. The predicted molar refractivity (Wildman–Crippen MR) is 159 cm³/mol. The number of nitrogens with zero attached hydrogens (tertiary/aromatic N) is 5. The van der Waals surface area contributed by atoms with Crippen LogP contribution < -0.4 is 20.9 Å². The fourth-order valence-electron chi connectivity index (χ4n) is 4.15. The van der Waals surface area contributed by atoms with Crippen LogP contribution in [0, 0.1) is 13.8 Å². The Morgan fingerprint density at radius 1 is 0.951 bits per heavy atom. The van der Waals surface area contributed by atoms with Crippen LogP contribution in [0.15, 0.2) is 61.2 Å². The maximum absolute atomic E-state index is 12.6. The fraction of sp³-hybridized carbons (Fsp3) is 0.267. The first-order valence-electron chi connectivity index (χ1n) is 16.6. The Morgan fingerprint density at radius 3 is 2.41 bits per heavy atom. The number of hydrogen-bond acceptors (Lipinski definition) is 8. The van der Waals surface area contributed by atoms with Crippen molar-refractivity contribution in [2.75, 3.05) is 20.9 Å². The van der Waals surface area contributed by atoms with Crippen LogP contribution in [0.5, 0.6) is 0 Å². The SMILES string of the molecule is [2H]C1([2H])C(N2c3ncccc3C(=O)Nc3c(C)ccnc32)C1([2H])[2H].[2H]C1([2H])C(Nc2ncccc2C(=O)Nc2c(C)ccnc2Cl)C1([2H])[2H]. The van der Waals surface area contributed by atoms with Gasteiger partial charge >= 0.3 is 0 Å². The first-order chi connectivity index (χ1) is 22.9. The minimum atomic E-state index is -2.07. The van der Waals surface area contributed by atoms with Gasteiger partial charge in [0.1, 0.15) is 11.6 Å². The number of carbonyl (C=O) groups excluding carboxylic acids is 2. The Kier molecular flexibility index (Phi) is 5.08. The molecule has 7 rings (SSSR count). The van der Waals surface area contributed by atoms with Gasteiger partial charge in [-0.3, -0.25) is 9.59 Å². The first kappa shape index (κ1) is 18.7. The summed E-state index contributed by atoms with van der Waals surface area (Å²) in [5.41, 5.74) is 2.73. The van der Waals surface area contributed by atoms with E-state index in [0.29, 0.717) is 17.2 Å². The van der Waals surface area contributed by atoms with Gasteiger partial charge in [-0.15, -0.1) is 0 Å². The van der Waals surface area contributed by atoms with E-state index in [9.17, 15) is 9.59 Å². The van der Waals surface area contributed by atoms with Crippen molar-refractivity contribution in [2.45, 2.75) is 51.4 Å². The maximum atomic E-state index is 12.6. The zero-order chi connectivity index (χ0) is 35.7. The highest BCUT2D eigenvalue weighted by Crippen LogP contribution is 2.43. The van der Waals surface area contributed by atoms with E-state index in [4.69, 9.17) is 22.6 Å². The van der Waals surface area contributed by atoms with Gasteiger partial charge in [0.05, 0.1) is 22.5 Å². The Hall–Kier alpha value is -4.57. The second-order valence-electron chi connectivity index (χ2n) is 9.23. The van der Waals surface area contributed by atoms with Crippen molar-refractivity contribution in [3.8, 4) is 0 Å². The number of aryl methyl sites for hydroxylation is 2. The minimum Gasteiger partial charge on any atom is -0.367 e. The van der Waals surface area contributed by atoms with E-state index < -0.39 is 43.5 Å². The number of aromatic nitrogens is 4. The molecule has 41 heavy (non-hydrogen) atoms. The van der Waals surface area contributed by atoms with Crippen LogP contribution in [0.4, 0.5) is 28.8 Å². The molecular formula is C30H29ClN8O2. The number of hydrogen-bond donors (Lipinski definition) is 3. The van der Waals surface area contributed by atoms with Crippen molar-refractivity contribution in [3.63, 3.8) is 0 Å². The van der Waals surface area contributed by atoms with E-state index in [2.05, 4.69) is 35.9 Å². The van der Waals surface area contributed by atoms with E-state index >= 15 is 0 Å². The van der Waals surface area contributed by atoms with Crippen LogP contribution in [0.2, 0.25) is 5.15 Å². The zero-order valence-corrected chi connectivity index (χ0v) is 22.6.